The standard InChI is InChI=1S/C25H26N2O3/c1-24(2,3)30-23(28)27-25(15-6-16-25)21-13-10-18(11-14-21)9-12-19-7-5-8-20(17-26)22(19)29-4/h5,7-8,10-11,13-14H,6,15-16H2,1-4H3,(H,27,28). The van der Waals surface area contributed by atoms with Crippen LogP contribution in [-0.4, -0.2) is 18.8 Å². The number of alkyl carbamates (subject to hydrolysis) is 1. The number of hydrogen-bond acceptors (Lipinski definition) is 4. The minimum Gasteiger partial charge on any atom is -0.494 e. The lowest BCUT2D eigenvalue weighted by atomic mass is 9.72. The number of hydrogen-bond donors (Lipinski definition) is 1. The molecule has 3 rings (SSSR count). The fraction of sp³-hybridized carbons (Fsp3) is 0.360. The first-order valence-electron chi connectivity index (χ1n) is 9.97. The Bertz CT molecular complexity index is 1030. The van der Waals surface area contributed by atoms with Crippen LogP contribution in [-0.2, 0) is 10.3 Å². The third kappa shape index (κ3) is 4.75. The Kier molecular flexibility index (Phi) is 6.04. The van der Waals surface area contributed by atoms with Crippen LogP contribution in [0.1, 0.15) is 62.3 Å². The fourth-order valence-corrected chi connectivity index (χ4v) is 3.47. The number of carbonyl (C=O) groups is 1. The molecule has 0 unspecified atom stereocenters. The summed E-state index contributed by atoms with van der Waals surface area (Å²) in [5.74, 6) is 6.69. The van der Waals surface area contributed by atoms with Crippen LogP contribution in [0, 0.1) is 23.2 Å². The summed E-state index contributed by atoms with van der Waals surface area (Å²) in [5.41, 5.74) is 2.11. The number of nitrogens with one attached hydrogen (secondary N) is 1. The van der Waals surface area contributed by atoms with Gasteiger partial charge in [0, 0.05) is 5.56 Å². The first-order valence-corrected chi connectivity index (χ1v) is 9.97. The van der Waals surface area contributed by atoms with E-state index in [0.29, 0.717) is 16.9 Å². The van der Waals surface area contributed by atoms with Crippen LogP contribution in [0.15, 0.2) is 42.5 Å². The van der Waals surface area contributed by atoms with Crippen molar-refractivity contribution >= 4 is 6.09 Å². The Morgan fingerprint density at radius 1 is 1.07 bits per heavy atom. The zero-order chi connectivity index (χ0) is 21.8. The number of benzene rings is 2. The normalized spacial score (nSPS) is 14.4. The molecule has 0 aliphatic heterocycles. The summed E-state index contributed by atoms with van der Waals surface area (Å²) in [7, 11) is 1.53. The molecular formula is C25H26N2O3. The Morgan fingerprint density at radius 2 is 1.73 bits per heavy atom. The second-order valence-electron chi connectivity index (χ2n) is 8.39. The average Bonchev–Trinajstić information content (AvgIpc) is 2.67. The van der Waals surface area contributed by atoms with Gasteiger partial charge >= 0.3 is 6.09 Å². The van der Waals surface area contributed by atoms with Gasteiger partial charge in [-0.2, -0.15) is 5.26 Å². The van der Waals surface area contributed by atoms with Crippen LogP contribution in [0.3, 0.4) is 0 Å². The van der Waals surface area contributed by atoms with E-state index in [1.807, 2.05) is 51.1 Å². The van der Waals surface area contributed by atoms with Crippen molar-refractivity contribution in [2.45, 2.75) is 51.2 Å². The lowest BCUT2D eigenvalue weighted by Crippen LogP contribution is -2.52. The van der Waals surface area contributed by atoms with Crippen LogP contribution >= 0.6 is 0 Å². The van der Waals surface area contributed by atoms with Gasteiger partial charge in [0.25, 0.3) is 0 Å². The molecule has 0 aromatic heterocycles. The molecule has 1 saturated carbocycles. The van der Waals surface area contributed by atoms with Gasteiger partial charge in [-0.25, -0.2) is 4.79 Å². The monoisotopic (exact) mass is 402 g/mol. The molecule has 2 aromatic rings. The molecule has 0 atom stereocenters. The second-order valence-corrected chi connectivity index (χ2v) is 8.39. The van der Waals surface area contributed by atoms with Crippen LogP contribution in [0.2, 0.25) is 0 Å². The smallest absolute Gasteiger partial charge is 0.408 e. The van der Waals surface area contributed by atoms with Crippen molar-refractivity contribution in [1.29, 1.82) is 5.26 Å². The number of amides is 1. The summed E-state index contributed by atoms with van der Waals surface area (Å²) in [6.07, 6.45) is 2.44. The minimum atomic E-state index is -0.529. The van der Waals surface area contributed by atoms with Crippen LogP contribution in [0.5, 0.6) is 5.75 Å². The molecule has 1 N–H and O–H groups in total. The zero-order valence-electron chi connectivity index (χ0n) is 17.8. The number of nitriles is 1. The zero-order valence-corrected chi connectivity index (χ0v) is 17.8. The molecule has 0 bridgehead atoms. The molecule has 5 heteroatoms. The van der Waals surface area contributed by atoms with Gasteiger partial charge in [0.1, 0.15) is 11.7 Å². The van der Waals surface area contributed by atoms with Crippen molar-refractivity contribution in [3.05, 3.63) is 64.7 Å². The quantitative estimate of drug-likeness (QED) is 0.744. The molecule has 0 spiro atoms. The highest BCUT2D eigenvalue weighted by Crippen LogP contribution is 2.41. The van der Waals surface area contributed by atoms with Gasteiger partial charge in [-0.15, -0.1) is 0 Å². The summed E-state index contributed by atoms with van der Waals surface area (Å²) < 4.78 is 10.8. The SMILES string of the molecule is COc1c(C#N)cccc1C#Cc1ccc(C2(NC(=O)OC(C)(C)C)CCC2)cc1. The molecule has 1 fully saturated rings. The molecule has 1 amide bonds. The van der Waals surface area contributed by atoms with Gasteiger partial charge in [0.2, 0.25) is 0 Å². The summed E-state index contributed by atoms with van der Waals surface area (Å²) >= 11 is 0. The summed E-state index contributed by atoms with van der Waals surface area (Å²) in [6.45, 7) is 5.57. The van der Waals surface area contributed by atoms with Crippen LogP contribution < -0.4 is 10.1 Å². The number of para-hydroxylation sites is 1. The van der Waals surface area contributed by atoms with Gasteiger partial charge < -0.3 is 14.8 Å². The highest BCUT2D eigenvalue weighted by atomic mass is 16.6. The Labute approximate surface area is 178 Å². The largest absolute Gasteiger partial charge is 0.494 e. The third-order valence-corrected chi connectivity index (χ3v) is 5.07. The first kappa shape index (κ1) is 21.3. The van der Waals surface area contributed by atoms with Crippen molar-refractivity contribution in [2.24, 2.45) is 0 Å². The van der Waals surface area contributed by atoms with Gasteiger partial charge in [-0.3, -0.25) is 0 Å². The molecule has 30 heavy (non-hydrogen) atoms. The first-order chi connectivity index (χ1) is 14.3. The van der Waals surface area contributed by atoms with E-state index < -0.39 is 11.7 Å². The van der Waals surface area contributed by atoms with Crippen molar-refractivity contribution in [3.63, 3.8) is 0 Å². The third-order valence-electron chi connectivity index (χ3n) is 5.07. The molecule has 154 valence electrons. The van der Waals surface area contributed by atoms with E-state index in [9.17, 15) is 10.1 Å². The summed E-state index contributed by atoms with van der Waals surface area (Å²) in [5, 5.41) is 12.3. The maximum Gasteiger partial charge on any atom is 0.408 e. The van der Waals surface area contributed by atoms with E-state index in [1.54, 1.807) is 12.1 Å². The highest BCUT2D eigenvalue weighted by molar-refractivity contribution is 5.69. The number of methoxy groups -OCH3 is 1. The average molecular weight is 402 g/mol. The Hall–Kier alpha value is -3.44. The molecule has 5 nitrogen and oxygen atoms in total. The maximum atomic E-state index is 12.3. The maximum absolute atomic E-state index is 12.3. The number of carbonyl (C=O) groups excluding carboxylic acids is 1. The predicted octanol–water partition coefficient (Wildman–Crippen LogP) is 4.87. The van der Waals surface area contributed by atoms with Crippen molar-refractivity contribution in [1.82, 2.24) is 5.32 Å². The van der Waals surface area contributed by atoms with Gasteiger partial charge in [0.05, 0.1) is 23.8 Å². The molecular weight excluding hydrogens is 376 g/mol. The fourth-order valence-electron chi connectivity index (χ4n) is 3.47. The minimum absolute atomic E-state index is 0.376. The van der Waals surface area contributed by atoms with Crippen LogP contribution in [0.4, 0.5) is 4.79 Å². The van der Waals surface area contributed by atoms with E-state index in [4.69, 9.17) is 9.47 Å². The van der Waals surface area contributed by atoms with Gasteiger partial charge in [-0.05, 0) is 69.9 Å². The van der Waals surface area contributed by atoms with E-state index in [2.05, 4.69) is 23.2 Å². The second kappa shape index (κ2) is 8.51. The molecule has 1 aliphatic rings. The molecule has 2 aromatic carbocycles. The van der Waals surface area contributed by atoms with E-state index in [-0.39, 0.29) is 5.54 Å². The van der Waals surface area contributed by atoms with Crippen molar-refractivity contribution < 1.29 is 14.3 Å². The summed E-state index contributed by atoms with van der Waals surface area (Å²) in [4.78, 5) is 12.3. The van der Waals surface area contributed by atoms with Gasteiger partial charge in [-0.1, -0.05) is 30.0 Å². The van der Waals surface area contributed by atoms with E-state index in [1.165, 1.54) is 7.11 Å². The van der Waals surface area contributed by atoms with Crippen molar-refractivity contribution in [3.8, 4) is 23.7 Å². The Balaban J connectivity index is 1.79. The van der Waals surface area contributed by atoms with Gasteiger partial charge in [0.15, 0.2) is 5.75 Å². The van der Waals surface area contributed by atoms with E-state index in [0.717, 1.165) is 30.4 Å². The summed E-state index contributed by atoms with van der Waals surface area (Å²) in [6, 6.07) is 15.3. The topological polar surface area (TPSA) is 71.3 Å². The lowest BCUT2D eigenvalue weighted by molar-refractivity contribution is 0.0377. The highest BCUT2D eigenvalue weighted by Gasteiger charge is 2.41. The molecule has 1 aliphatic carbocycles. The molecule has 0 heterocycles. The number of nitrogens with zero attached hydrogens (tertiary/aromatic N) is 1. The molecule has 0 radical (unpaired) electrons. The Morgan fingerprint density at radius 3 is 2.27 bits per heavy atom. The lowest BCUT2D eigenvalue weighted by Gasteiger charge is -2.43. The van der Waals surface area contributed by atoms with Crippen LogP contribution in [0.25, 0.3) is 0 Å². The van der Waals surface area contributed by atoms with E-state index >= 15 is 0 Å². The number of rotatable bonds is 3. The van der Waals surface area contributed by atoms with Crippen molar-refractivity contribution in [2.75, 3.05) is 7.11 Å². The molecule has 0 saturated heterocycles. The number of ether oxygens (including phenoxy) is 2. The predicted molar refractivity (Wildman–Crippen MR) is 115 cm³/mol.